The van der Waals surface area contributed by atoms with Gasteiger partial charge < -0.3 is 14.8 Å². The van der Waals surface area contributed by atoms with E-state index in [9.17, 15) is 10.1 Å². The van der Waals surface area contributed by atoms with Crippen LogP contribution in [-0.2, 0) is 10.2 Å². The van der Waals surface area contributed by atoms with E-state index in [0.717, 1.165) is 28.4 Å². The number of nitrogens with one attached hydrogen (secondary N) is 1. The number of methoxy groups -OCH3 is 1. The van der Waals surface area contributed by atoms with Gasteiger partial charge in [0.25, 0.3) is 5.91 Å². The molecule has 0 bridgehead atoms. The highest BCUT2D eigenvalue weighted by atomic mass is 32.2. The van der Waals surface area contributed by atoms with Crippen molar-refractivity contribution in [3.63, 3.8) is 0 Å². The zero-order valence-corrected chi connectivity index (χ0v) is 19.4. The molecule has 1 N–H and O–H groups in total. The molecule has 33 heavy (non-hydrogen) atoms. The van der Waals surface area contributed by atoms with Gasteiger partial charge in [0.15, 0.2) is 0 Å². The van der Waals surface area contributed by atoms with Crippen LogP contribution in [-0.4, -0.2) is 32.8 Å². The molecule has 0 saturated carbocycles. The Hall–Kier alpha value is -3.27. The normalized spacial score (nSPS) is 14.8. The van der Waals surface area contributed by atoms with Crippen LogP contribution in [0.3, 0.4) is 0 Å². The third-order valence-corrected chi connectivity index (χ3v) is 7.25. The van der Waals surface area contributed by atoms with E-state index in [1.54, 1.807) is 13.2 Å². The first-order valence-corrected chi connectivity index (χ1v) is 11.7. The van der Waals surface area contributed by atoms with Crippen molar-refractivity contribution in [2.45, 2.75) is 28.0 Å². The number of nitriles is 1. The highest BCUT2D eigenvalue weighted by Gasteiger charge is 2.35. The number of rotatable bonds is 7. The van der Waals surface area contributed by atoms with Crippen LogP contribution in [0.15, 0.2) is 82.6 Å². The van der Waals surface area contributed by atoms with Crippen molar-refractivity contribution in [3.05, 3.63) is 89.5 Å². The molecule has 1 amide bonds. The fraction of sp³-hybridized carbons (Fsp3) is 0.259. The Balaban J connectivity index is 1.54. The van der Waals surface area contributed by atoms with E-state index < -0.39 is 0 Å². The lowest BCUT2D eigenvalue weighted by Gasteiger charge is -2.38. The minimum absolute atomic E-state index is 0.119. The average molecular weight is 459 g/mol. The Kier molecular flexibility index (Phi) is 7.33. The zero-order chi connectivity index (χ0) is 23.1. The molecule has 168 valence electrons. The third kappa shape index (κ3) is 5.22. The van der Waals surface area contributed by atoms with Crippen molar-refractivity contribution in [1.82, 2.24) is 5.32 Å². The zero-order valence-electron chi connectivity index (χ0n) is 18.5. The second kappa shape index (κ2) is 10.6. The summed E-state index contributed by atoms with van der Waals surface area (Å²) in [5.74, 6) is 0.695. The van der Waals surface area contributed by atoms with Gasteiger partial charge in [-0.2, -0.15) is 5.26 Å². The summed E-state index contributed by atoms with van der Waals surface area (Å²) in [7, 11) is 1.66. The molecule has 3 aromatic carbocycles. The van der Waals surface area contributed by atoms with Gasteiger partial charge in [-0.15, -0.1) is 0 Å². The minimum atomic E-state index is -0.185. The van der Waals surface area contributed by atoms with Crippen LogP contribution in [0.5, 0.6) is 5.75 Å². The Morgan fingerprint density at radius 3 is 2.39 bits per heavy atom. The molecule has 0 aliphatic carbocycles. The van der Waals surface area contributed by atoms with Crippen LogP contribution >= 0.6 is 11.8 Å². The molecule has 0 spiro atoms. The number of carbonyl (C=O) groups excluding carboxylic acids is 1. The number of carbonyl (C=O) groups is 1. The van der Waals surface area contributed by atoms with Crippen molar-refractivity contribution in [2.24, 2.45) is 0 Å². The molecule has 5 nitrogen and oxygen atoms in total. The standard InChI is InChI=1S/C27H26N2O3S/c1-31-22-12-10-21(11-13-22)27(14-16-32-17-15-27)19-29-26(30)23-7-3-5-9-25(23)33-24-8-4-2-6-20(24)18-28/h2-13H,14-17,19H2,1H3,(H,29,30). The van der Waals surface area contributed by atoms with E-state index >= 15 is 0 Å². The summed E-state index contributed by atoms with van der Waals surface area (Å²) < 4.78 is 10.9. The van der Waals surface area contributed by atoms with Crippen molar-refractivity contribution >= 4 is 17.7 Å². The molecular formula is C27H26N2O3S. The number of hydrogen-bond acceptors (Lipinski definition) is 5. The number of amides is 1. The van der Waals surface area contributed by atoms with Gasteiger partial charge in [-0.25, -0.2) is 0 Å². The summed E-state index contributed by atoms with van der Waals surface area (Å²) in [5.41, 5.74) is 2.19. The molecular weight excluding hydrogens is 432 g/mol. The van der Waals surface area contributed by atoms with Gasteiger partial charge >= 0.3 is 0 Å². The average Bonchev–Trinajstić information content (AvgIpc) is 2.88. The summed E-state index contributed by atoms with van der Waals surface area (Å²) >= 11 is 1.44. The summed E-state index contributed by atoms with van der Waals surface area (Å²) in [6.07, 6.45) is 1.68. The van der Waals surface area contributed by atoms with Crippen molar-refractivity contribution in [2.75, 3.05) is 26.9 Å². The van der Waals surface area contributed by atoms with Crippen LogP contribution in [0.2, 0.25) is 0 Å². The number of nitrogens with zero attached hydrogens (tertiary/aromatic N) is 1. The molecule has 1 saturated heterocycles. The first-order chi connectivity index (χ1) is 16.1. The molecule has 1 aliphatic rings. The predicted octanol–water partition coefficient (Wildman–Crippen LogP) is 5.20. The lowest BCUT2D eigenvalue weighted by atomic mass is 9.74. The van der Waals surface area contributed by atoms with Gasteiger partial charge in [-0.05, 0) is 54.8 Å². The topological polar surface area (TPSA) is 71.3 Å². The molecule has 4 rings (SSSR count). The van der Waals surface area contributed by atoms with Crippen molar-refractivity contribution in [1.29, 1.82) is 5.26 Å². The molecule has 1 fully saturated rings. The van der Waals surface area contributed by atoms with Crippen LogP contribution in [0.1, 0.15) is 34.3 Å². The van der Waals surface area contributed by atoms with Crippen LogP contribution < -0.4 is 10.1 Å². The predicted molar refractivity (Wildman–Crippen MR) is 129 cm³/mol. The monoisotopic (exact) mass is 458 g/mol. The van der Waals surface area contributed by atoms with E-state index in [4.69, 9.17) is 9.47 Å². The van der Waals surface area contributed by atoms with Gasteiger partial charge in [0.05, 0.1) is 18.2 Å². The van der Waals surface area contributed by atoms with Crippen LogP contribution in [0, 0.1) is 11.3 Å². The second-order valence-electron chi connectivity index (χ2n) is 8.01. The quantitative estimate of drug-likeness (QED) is 0.527. The third-order valence-electron chi connectivity index (χ3n) is 6.10. The molecule has 1 heterocycles. The van der Waals surface area contributed by atoms with Crippen molar-refractivity contribution < 1.29 is 14.3 Å². The van der Waals surface area contributed by atoms with Gasteiger partial charge in [0.1, 0.15) is 11.8 Å². The van der Waals surface area contributed by atoms with Gasteiger partial charge in [0.2, 0.25) is 0 Å². The Morgan fingerprint density at radius 2 is 1.70 bits per heavy atom. The van der Waals surface area contributed by atoms with Crippen molar-refractivity contribution in [3.8, 4) is 11.8 Å². The Morgan fingerprint density at radius 1 is 1.03 bits per heavy atom. The maximum atomic E-state index is 13.3. The van der Waals surface area contributed by atoms with Gasteiger partial charge in [-0.3, -0.25) is 4.79 Å². The lowest BCUT2D eigenvalue weighted by Crippen LogP contribution is -2.44. The molecule has 3 aromatic rings. The maximum Gasteiger partial charge on any atom is 0.252 e. The fourth-order valence-corrected chi connectivity index (χ4v) is 5.15. The molecule has 6 heteroatoms. The van der Waals surface area contributed by atoms with E-state index in [1.165, 1.54) is 17.3 Å². The number of ether oxygens (including phenoxy) is 2. The van der Waals surface area contributed by atoms with Crippen LogP contribution in [0.25, 0.3) is 0 Å². The SMILES string of the molecule is COc1ccc(C2(CNC(=O)c3ccccc3Sc3ccccc3C#N)CCOCC2)cc1. The van der Waals surface area contributed by atoms with Gasteiger partial charge in [-0.1, -0.05) is 48.2 Å². The Labute approximate surface area is 198 Å². The van der Waals surface area contributed by atoms with E-state index in [1.807, 2.05) is 54.6 Å². The minimum Gasteiger partial charge on any atom is -0.497 e. The lowest BCUT2D eigenvalue weighted by molar-refractivity contribution is 0.0487. The summed E-state index contributed by atoms with van der Waals surface area (Å²) in [5, 5.41) is 12.6. The van der Waals surface area contributed by atoms with Gasteiger partial charge in [0, 0.05) is 35.0 Å². The molecule has 0 atom stereocenters. The summed E-state index contributed by atoms with van der Waals surface area (Å²) in [6, 6.07) is 25.3. The summed E-state index contributed by atoms with van der Waals surface area (Å²) in [4.78, 5) is 14.9. The van der Waals surface area contributed by atoms with E-state index in [2.05, 4.69) is 23.5 Å². The fourth-order valence-electron chi connectivity index (χ4n) is 4.13. The largest absolute Gasteiger partial charge is 0.497 e. The molecule has 0 radical (unpaired) electrons. The number of hydrogen-bond donors (Lipinski definition) is 1. The molecule has 0 aromatic heterocycles. The highest BCUT2D eigenvalue weighted by molar-refractivity contribution is 7.99. The van der Waals surface area contributed by atoms with Crippen LogP contribution in [0.4, 0.5) is 0 Å². The Bertz CT molecular complexity index is 1150. The van der Waals surface area contributed by atoms with E-state index in [0.29, 0.717) is 30.9 Å². The first-order valence-electron chi connectivity index (χ1n) is 10.9. The van der Waals surface area contributed by atoms with E-state index in [-0.39, 0.29) is 11.3 Å². The first kappa shape index (κ1) is 22.9. The summed E-state index contributed by atoms with van der Waals surface area (Å²) in [6.45, 7) is 1.86. The molecule has 1 aliphatic heterocycles. The highest BCUT2D eigenvalue weighted by Crippen LogP contribution is 2.36. The molecule has 0 unspecified atom stereocenters. The second-order valence-corrected chi connectivity index (χ2v) is 9.09. The smallest absolute Gasteiger partial charge is 0.252 e. The number of benzene rings is 3. The maximum absolute atomic E-state index is 13.3.